The quantitative estimate of drug-likeness (QED) is 0.459. The first kappa shape index (κ1) is 9.26. The lowest BCUT2D eigenvalue weighted by Crippen LogP contribution is -2.16. The third-order valence-corrected chi connectivity index (χ3v) is 2.01. The second-order valence-corrected chi connectivity index (χ2v) is 3.98. The van der Waals surface area contributed by atoms with E-state index in [4.69, 9.17) is 5.14 Å². The number of nitrogens with two attached hydrogens (primary N) is 1. The molecule has 0 heterocycles. The van der Waals surface area contributed by atoms with E-state index in [0.717, 1.165) is 12.2 Å². The number of primary sulfonamides is 1. The first-order valence-corrected chi connectivity index (χ1v) is 5.02. The zero-order chi connectivity index (χ0) is 7.33. The van der Waals surface area contributed by atoms with Crippen LogP contribution < -0.4 is 5.14 Å². The SMILES string of the molecule is NS(=O)(=O)CCCCS. The standard InChI is InChI=1S/C4H11NO2S2/c5-9(6,7)4-2-1-3-8/h8H,1-4H2,(H2,5,6,7). The maximum Gasteiger partial charge on any atom is 0.209 e. The number of sulfonamides is 1. The van der Waals surface area contributed by atoms with E-state index in [1.54, 1.807) is 0 Å². The molecule has 0 aromatic carbocycles. The van der Waals surface area contributed by atoms with E-state index in [9.17, 15) is 8.42 Å². The van der Waals surface area contributed by atoms with Gasteiger partial charge in [0, 0.05) is 0 Å². The Morgan fingerprint density at radius 1 is 1.33 bits per heavy atom. The summed E-state index contributed by atoms with van der Waals surface area (Å²) in [6.45, 7) is 0. The lowest BCUT2D eigenvalue weighted by Gasteiger charge is -1.93. The van der Waals surface area contributed by atoms with Crippen molar-refractivity contribution < 1.29 is 8.42 Å². The molecular weight excluding hydrogens is 158 g/mol. The molecular formula is C4H11NO2S2. The van der Waals surface area contributed by atoms with Crippen molar-refractivity contribution in [1.29, 1.82) is 0 Å². The molecule has 9 heavy (non-hydrogen) atoms. The van der Waals surface area contributed by atoms with Crippen molar-refractivity contribution in [2.45, 2.75) is 12.8 Å². The molecule has 0 aliphatic carbocycles. The lowest BCUT2D eigenvalue weighted by molar-refractivity contribution is 0.594. The molecule has 0 saturated carbocycles. The molecule has 3 nitrogen and oxygen atoms in total. The lowest BCUT2D eigenvalue weighted by atomic mass is 10.4. The monoisotopic (exact) mass is 169 g/mol. The number of thiol groups is 1. The van der Waals surface area contributed by atoms with Crippen LogP contribution in [-0.2, 0) is 10.0 Å². The Kier molecular flexibility index (Phi) is 4.26. The molecule has 0 bridgehead atoms. The Balaban J connectivity index is 3.30. The van der Waals surface area contributed by atoms with Crippen molar-refractivity contribution in [2.24, 2.45) is 5.14 Å². The Bertz CT molecular complexity index is 152. The largest absolute Gasteiger partial charge is 0.229 e. The molecule has 0 aliphatic heterocycles. The van der Waals surface area contributed by atoms with Gasteiger partial charge in [0.15, 0.2) is 0 Å². The van der Waals surface area contributed by atoms with E-state index in [0.29, 0.717) is 6.42 Å². The summed E-state index contributed by atoms with van der Waals surface area (Å²) >= 11 is 3.91. The minimum Gasteiger partial charge on any atom is -0.229 e. The van der Waals surface area contributed by atoms with Gasteiger partial charge in [-0.3, -0.25) is 0 Å². The van der Waals surface area contributed by atoms with Gasteiger partial charge in [0.05, 0.1) is 5.75 Å². The Hall–Kier alpha value is 0.260. The minimum atomic E-state index is -3.23. The number of hydrogen-bond donors (Lipinski definition) is 2. The van der Waals surface area contributed by atoms with Gasteiger partial charge in [-0.1, -0.05) is 0 Å². The van der Waals surface area contributed by atoms with Crippen molar-refractivity contribution in [2.75, 3.05) is 11.5 Å². The topological polar surface area (TPSA) is 60.2 Å². The molecule has 0 fully saturated rings. The van der Waals surface area contributed by atoms with E-state index in [1.165, 1.54) is 0 Å². The fraction of sp³-hybridized carbons (Fsp3) is 1.00. The van der Waals surface area contributed by atoms with E-state index in [-0.39, 0.29) is 5.75 Å². The fourth-order valence-electron chi connectivity index (χ4n) is 0.415. The molecule has 0 aliphatic rings. The molecule has 5 heteroatoms. The highest BCUT2D eigenvalue weighted by atomic mass is 32.2. The second-order valence-electron chi connectivity index (χ2n) is 1.80. The van der Waals surface area contributed by atoms with Crippen molar-refractivity contribution in [3.8, 4) is 0 Å². The van der Waals surface area contributed by atoms with Gasteiger partial charge in [-0.25, -0.2) is 13.6 Å². The van der Waals surface area contributed by atoms with Crippen LogP contribution in [0.2, 0.25) is 0 Å². The molecule has 56 valence electrons. The minimum absolute atomic E-state index is 0.0769. The van der Waals surface area contributed by atoms with Gasteiger partial charge in [0.2, 0.25) is 10.0 Å². The Morgan fingerprint density at radius 3 is 2.22 bits per heavy atom. The smallest absolute Gasteiger partial charge is 0.209 e. The van der Waals surface area contributed by atoms with Crippen LogP contribution in [0.15, 0.2) is 0 Å². The molecule has 0 spiro atoms. The molecule has 0 unspecified atom stereocenters. The van der Waals surface area contributed by atoms with Crippen LogP contribution in [0, 0.1) is 0 Å². The highest BCUT2D eigenvalue weighted by Crippen LogP contribution is 1.92. The van der Waals surface area contributed by atoms with Gasteiger partial charge in [-0.05, 0) is 18.6 Å². The molecule has 2 N–H and O–H groups in total. The average Bonchev–Trinajstić information content (AvgIpc) is 1.63. The fourth-order valence-corrected chi connectivity index (χ4v) is 1.25. The maximum absolute atomic E-state index is 10.3. The summed E-state index contributed by atoms with van der Waals surface area (Å²) in [4.78, 5) is 0. The molecule has 0 aromatic rings. The zero-order valence-corrected chi connectivity index (χ0v) is 6.79. The molecule has 0 atom stereocenters. The molecule has 0 amide bonds. The summed E-state index contributed by atoms with van der Waals surface area (Å²) < 4.78 is 20.5. The molecule has 0 rings (SSSR count). The third-order valence-electron chi connectivity index (χ3n) is 0.837. The van der Waals surface area contributed by atoms with E-state index in [2.05, 4.69) is 12.6 Å². The van der Waals surface area contributed by atoms with Crippen LogP contribution in [0.1, 0.15) is 12.8 Å². The summed E-state index contributed by atoms with van der Waals surface area (Å²) in [6.07, 6.45) is 1.42. The first-order valence-electron chi connectivity index (χ1n) is 2.67. The van der Waals surface area contributed by atoms with Crippen LogP contribution in [0.4, 0.5) is 0 Å². The van der Waals surface area contributed by atoms with Crippen molar-refractivity contribution in [3.05, 3.63) is 0 Å². The summed E-state index contributed by atoms with van der Waals surface area (Å²) in [6, 6.07) is 0. The molecule has 0 saturated heterocycles. The highest BCUT2D eigenvalue weighted by molar-refractivity contribution is 7.89. The van der Waals surface area contributed by atoms with Crippen molar-refractivity contribution in [1.82, 2.24) is 0 Å². The van der Waals surface area contributed by atoms with Crippen LogP contribution in [0.3, 0.4) is 0 Å². The Morgan fingerprint density at radius 2 is 1.89 bits per heavy atom. The van der Waals surface area contributed by atoms with Crippen LogP contribution in [-0.4, -0.2) is 19.9 Å². The number of hydrogen-bond acceptors (Lipinski definition) is 3. The summed E-state index contributed by atoms with van der Waals surface area (Å²) in [5, 5.41) is 4.72. The van der Waals surface area contributed by atoms with Crippen molar-refractivity contribution in [3.63, 3.8) is 0 Å². The van der Waals surface area contributed by atoms with Gasteiger partial charge >= 0.3 is 0 Å². The van der Waals surface area contributed by atoms with E-state index < -0.39 is 10.0 Å². The van der Waals surface area contributed by atoms with Crippen LogP contribution in [0.25, 0.3) is 0 Å². The number of unbranched alkanes of at least 4 members (excludes halogenated alkanes) is 1. The van der Waals surface area contributed by atoms with Crippen LogP contribution in [0.5, 0.6) is 0 Å². The summed E-state index contributed by atoms with van der Waals surface area (Å²) in [7, 11) is -3.23. The summed E-state index contributed by atoms with van der Waals surface area (Å²) in [5.41, 5.74) is 0. The normalized spacial score (nSPS) is 11.8. The van der Waals surface area contributed by atoms with E-state index >= 15 is 0 Å². The average molecular weight is 169 g/mol. The van der Waals surface area contributed by atoms with Gasteiger partial charge in [0.1, 0.15) is 0 Å². The number of rotatable bonds is 4. The predicted octanol–water partition coefficient (Wildman–Crippen LogP) is -0.0151. The van der Waals surface area contributed by atoms with Gasteiger partial charge < -0.3 is 0 Å². The van der Waals surface area contributed by atoms with Gasteiger partial charge in [0.25, 0.3) is 0 Å². The second kappa shape index (κ2) is 4.14. The van der Waals surface area contributed by atoms with Crippen LogP contribution >= 0.6 is 12.6 Å². The molecule has 0 aromatic heterocycles. The zero-order valence-electron chi connectivity index (χ0n) is 5.08. The van der Waals surface area contributed by atoms with E-state index in [1.807, 2.05) is 0 Å². The Labute approximate surface area is 61.1 Å². The van der Waals surface area contributed by atoms with Gasteiger partial charge in [-0.2, -0.15) is 12.6 Å². The molecule has 0 radical (unpaired) electrons. The maximum atomic E-state index is 10.3. The first-order chi connectivity index (χ1) is 4.06. The van der Waals surface area contributed by atoms with Crippen molar-refractivity contribution >= 4 is 22.7 Å². The summed E-state index contributed by atoms with van der Waals surface area (Å²) in [5.74, 6) is 0.795. The van der Waals surface area contributed by atoms with Gasteiger partial charge in [-0.15, -0.1) is 0 Å². The predicted molar refractivity (Wildman–Crippen MR) is 41.1 cm³/mol. The highest BCUT2D eigenvalue weighted by Gasteiger charge is 1.99. The third kappa shape index (κ3) is 8.26.